The zero-order valence-corrected chi connectivity index (χ0v) is 13.2. The van der Waals surface area contributed by atoms with E-state index < -0.39 is 0 Å². The summed E-state index contributed by atoms with van der Waals surface area (Å²) in [5.74, 6) is 2.51. The van der Waals surface area contributed by atoms with Gasteiger partial charge >= 0.3 is 0 Å². The SMILES string of the molecule is Fc1ccc(CN2CCn3c(nnc3C3CCCNC3)C2)cc1. The molecule has 3 heterocycles. The molecule has 2 aliphatic rings. The Hall–Kier alpha value is -1.79. The van der Waals surface area contributed by atoms with Crippen LogP contribution in [0, 0.1) is 5.82 Å². The van der Waals surface area contributed by atoms with E-state index in [0.29, 0.717) is 5.92 Å². The summed E-state index contributed by atoms with van der Waals surface area (Å²) in [5, 5.41) is 12.3. The molecule has 1 aromatic heterocycles. The molecule has 1 atom stereocenters. The quantitative estimate of drug-likeness (QED) is 0.940. The summed E-state index contributed by atoms with van der Waals surface area (Å²) in [4.78, 5) is 2.35. The zero-order chi connectivity index (χ0) is 15.6. The van der Waals surface area contributed by atoms with Gasteiger partial charge in [0.2, 0.25) is 0 Å². The standard InChI is InChI=1S/C17H22FN5/c18-15-5-3-13(4-6-15)11-22-8-9-23-16(12-22)20-21-17(23)14-2-1-7-19-10-14/h3-6,14,19H,1-2,7-12H2. The summed E-state index contributed by atoms with van der Waals surface area (Å²) in [7, 11) is 0. The summed E-state index contributed by atoms with van der Waals surface area (Å²) in [6, 6.07) is 6.76. The van der Waals surface area contributed by atoms with Crippen molar-refractivity contribution in [1.82, 2.24) is 25.0 Å². The van der Waals surface area contributed by atoms with Crippen molar-refractivity contribution in [2.45, 2.75) is 38.4 Å². The van der Waals surface area contributed by atoms with Crippen LogP contribution in [0.1, 0.15) is 36.0 Å². The average molecular weight is 315 g/mol. The average Bonchev–Trinajstić information content (AvgIpc) is 3.01. The second-order valence-corrected chi connectivity index (χ2v) is 6.51. The fourth-order valence-electron chi connectivity index (χ4n) is 3.59. The second-order valence-electron chi connectivity index (χ2n) is 6.51. The Labute approximate surface area is 135 Å². The molecule has 0 radical (unpaired) electrons. The van der Waals surface area contributed by atoms with E-state index in [2.05, 4.69) is 25.0 Å². The fraction of sp³-hybridized carbons (Fsp3) is 0.529. The van der Waals surface area contributed by atoms with Crippen LogP contribution in [0.4, 0.5) is 4.39 Å². The molecule has 1 unspecified atom stereocenters. The predicted molar refractivity (Wildman–Crippen MR) is 85.4 cm³/mol. The van der Waals surface area contributed by atoms with Crippen molar-refractivity contribution >= 4 is 0 Å². The molecule has 6 heteroatoms. The Morgan fingerprint density at radius 2 is 2.04 bits per heavy atom. The first-order valence-electron chi connectivity index (χ1n) is 8.39. The number of piperidine rings is 1. The third-order valence-electron chi connectivity index (χ3n) is 4.84. The third-order valence-corrected chi connectivity index (χ3v) is 4.84. The predicted octanol–water partition coefficient (Wildman–Crippen LogP) is 1.90. The smallest absolute Gasteiger partial charge is 0.147 e. The lowest BCUT2D eigenvalue weighted by Crippen LogP contribution is -2.35. The molecule has 0 amide bonds. The molecule has 0 bridgehead atoms. The molecule has 23 heavy (non-hydrogen) atoms. The van der Waals surface area contributed by atoms with Gasteiger partial charge < -0.3 is 9.88 Å². The van der Waals surface area contributed by atoms with Crippen molar-refractivity contribution in [1.29, 1.82) is 0 Å². The van der Waals surface area contributed by atoms with Crippen LogP contribution in [0.25, 0.3) is 0 Å². The van der Waals surface area contributed by atoms with Gasteiger partial charge in [-0.3, -0.25) is 4.90 Å². The second kappa shape index (κ2) is 6.37. The Balaban J connectivity index is 1.45. The molecular weight excluding hydrogens is 293 g/mol. The van der Waals surface area contributed by atoms with Gasteiger partial charge in [-0.1, -0.05) is 12.1 Å². The van der Waals surface area contributed by atoms with Gasteiger partial charge in [0.1, 0.15) is 17.5 Å². The van der Waals surface area contributed by atoms with Gasteiger partial charge in [0.25, 0.3) is 0 Å². The molecule has 2 aromatic rings. The lowest BCUT2D eigenvalue weighted by molar-refractivity contribution is 0.205. The highest BCUT2D eigenvalue weighted by molar-refractivity contribution is 5.16. The Kier molecular flexibility index (Phi) is 4.10. The van der Waals surface area contributed by atoms with E-state index in [-0.39, 0.29) is 5.82 Å². The third kappa shape index (κ3) is 3.14. The molecule has 0 spiro atoms. The van der Waals surface area contributed by atoms with Crippen LogP contribution in [0.5, 0.6) is 0 Å². The van der Waals surface area contributed by atoms with Gasteiger partial charge in [-0.15, -0.1) is 10.2 Å². The molecule has 122 valence electrons. The van der Waals surface area contributed by atoms with E-state index in [1.54, 1.807) is 0 Å². The number of rotatable bonds is 3. The van der Waals surface area contributed by atoms with Crippen molar-refractivity contribution in [2.75, 3.05) is 19.6 Å². The van der Waals surface area contributed by atoms with Crippen LogP contribution in [0.2, 0.25) is 0 Å². The molecule has 1 saturated heterocycles. The first kappa shape index (κ1) is 14.8. The minimum absolute atomic E-state index is 0.183. The maximum absolute atomic E-state index is 13.0. The lowest BCUT2D eigenvalue weighted by atomic mass is 9.99. The van der Waals surface area contributed by atoms with E-state index in [1.807, 2.05) is 12.1 Å². The van der Waals surface area contributed by atoms with Crippen molar-refractivity contribution in [3.8, 4) is 0 Å². The maximum atomic E-state index is 13.0. The number of hydrogen-bond acceptors (Lipinski definition) is 4. The molecule has 5 nitrogen and oxygen atoms in total. The highest BCUT2D eigenvalue weighted by Gasteiger charge is 2.26. The summed E-state index contributed by atoms with van der Waals surface area (Å²) in [5.41, 5.74) is 1.14. The maximum Gasteiger partial charge on any atom is 0.147 e. The van der Waals surface area contributed by atoms with Gasteiger partial charge in [0.15, 0.2) is 0 Å². The molecule has 4 rings (SSSR count). The first-order chi connectivity index (χ1) is 11.3. The minimum atomic E-state index is -0.183. The Morgan fingerprint density at radius 1 is 1.17 bits per heavy atom. The van der Waals surface area contributed by atoms with Crippen LogP contribution in [0.15, 0.2) is 24.3 Å². The molecule has 0 aliphatic carbocycles. The van der Waals surface area contributed by atoms with E-state index >= 15 is 0 Å². The number of nitrogens with zero attached hydrogens (tertiary/aromatic N) is 4. The van der Waals surface area contributed by atoms with Gasteiger partial charge in [-0.05, 0) is 37.1 Å². The lowest BCUT2D eigenvalue weighted by Gasteiger charge is -2.29. The molecule has 1 fully saturated rings. The van der Waals surface area contributed by atoms with Gasteiger partial charge in [0, 0.05) is 32.1 Å². The van der Waals surface area contributed by atoms with Crippen molar-refractivity contribution in [3.05, 3.63) is 47.3 Å². The van der Waals surface area contributed by atoms with Crippen LogP contribution >= 0.6 is 0 Å². The highest BCUT2D eigenvalue weighted by Crippen LogP contribution is 2.24. The molecule has 1 N–H and O–H groups in total. The van der Waals surface area contributed by atoms with Crippen molar-refractivity contribution in [2.24, 2.45) is 0 Å². The first-order valence-corrected chi connectivity index (χ1v) is 8.39. The van der Waals surface area contributed by atoms with Gasteiger partial charge in [-0.25, -0.2) is 4.39 Å². The highest BCUT2D eigenvalue weighted by atomic mass is 19.1. The normalized spacial score (nSPS) is 22.0. The van der Waals surface area contributed by atoms with Crippen LogP contribution in [-0.2, 0) is 19.6 Å². The summed E-state index contributed by atoms with van der Waals surface area (Å²) in [6.07, 6.45) is 2.41. The molecular formula is C17H22FN5. The number of fused-ring (bicyclic) bond motifs is 1. The minimum Gasteiger partial charge on any atom is -0.316 e. The van der Waals surface area contributed by atoms with E-state index in [1.165, 1.54) is 25.0 Å². The van der Waals surface area contributed by atoms with Crippen molar-refractivity contribution in [3.63, 3.8) is 0 Å². The van der Waals surface area contributed by atoms with Gasteiger partial charge in [-0.2, -0.15) is 0 Å². The Bertz CT molecular complexity index is 660. The van der Waals surface area contributed by atoms with Crippen LogP contribution < -0.4 is 5.32 Å². The summed E-state index contributed by atoms with van der Waals surface area (Å²) in [6.45, 7) is 5.68. The number of hydrogen-bond donors (Lipinski definition) is 1. The largest absolute Gasteiger partial charge is 0.316 e. The van der Waals surface area contributed by atoms with Gasteiger partial charge in [0.05, 0.1) is 6.54 Å². The molecule has 1 aromatic carbocycles. The number of benzene rings is 1. The Morgan fingerprint density at radius 3 is 2.83 bits per heavy atom. The number of halogens is 1. The van der Waals surface area contributed by atoms with E-state index in [4.69, 9.17) is 0 Å². The van der Waals surface area contributed by atoms with Crippen LogP contribution in [0.3, 0.4) is 0 Å². The van der Waals surface area contributed by atoms with E-state index in [9.17, 15) is 4.39 Å². The topological polar surface area (TPSA) is 46.0 Å². The zero-order valence-electron chi connectivity index (χ0n) is 13.2. The monoisotopic (exact) mass is 315 g/mol. The fourth-order valence-corrected chi connectivity index (χ4v) is 3.59. The summed E-state index contributed by atoms with van der Waals surface area (Å²) < 4.78 is 15.3. The number of nitrogens with one attached hydrogen (secondary N) is 1. The van der Waals surface area contributed by atoms with Crippen molar-refractivity contribution < 1.29 is 4.39 Å². The summed E-state index contributed by atoms with van der Waals surface area (Å²) >= 11 is 0. The van der Waals surface area contributed by atoms with E-state index in [0.717, 1.165) is 56.5 Å². The number of aromatic nitrogens is 3. The molecule has 0 saturated carbocycles. The van der Waals surface area contributed by atoms with Crippen LogP contribution in [-0.4, -0.2) is 39.3 Å². The molecule has 2 aliphatic heterocycles.